The number of unbranched alkanes of at least 4 members (excludes halogenated alkanes) is 2. The van der Waals surface area contributed by atoms with Crippen LogP contribution in [0.15, 0.2) is 97.2 Å². The van der Waals surface area contributed by atoms with Crippen LogP contribution in [-0.2, 0) is 38.6 Å². The van der Waals surface area contributed by atoms with E-state index in [0.29, 0.717) is 25.8 Å². The molecule has 0 unspecified atom stereocenters. The minimum Gasteiger partial charge on any atom is -0.481 e. The molecule has 0 bridgehead atoms. The number of nitrogens with zero attached hydrogens (tertiary/aromatic N) is 2. The van der Waals surface area contributed by atoms with Crippen LogP contribution >= 0.6 is 0 Å². The molecule has 0 radical (unpaired) electrons. The Morgan fingerprint density at radius 3 is 2.37 bits per heavy atom. The van der Waals surface area contributed by atoms with Gasteiger partial charge in [-0.1, -0.05) is 79.2 Å². The molecule has 5 rings (SSSR count). The molecule has 3 N–H and O–H groups in total. The molecule has 4 aromatic rings. The Labute approximate surface area is 288 Å². The van der Waals surface area contributed by atoms with Crippen LogP contribution in [0.5, 0.6) is 0 Å². The maximum absolute atomic E-state index is 12.3. The van der Waals surface area contributed by atoms with Crippen LogP contribution in [0.1, 0.15) is 78.9 Å². The summed E-state index contributed by atoms with van der Waals surface area (Å²) >= 11 is 0. The van der Waals surface area contributed by atoms with Crippen molar-refractivity contribution >= 4 is 11.9 Å². The van der Waals surface area contributed by atoms with Gasteiger partial charge in [0.2, 0.25) is 5.91 Å². The highest BCUT2D eigenvalue weighted by atomic mass is 16.7. The van der Waals surface area contributed by atoms with E-state index in [9.17, 15) is 14.7 Å². The zero-order valence-electron chi connectivity index (χ0n) is 28.2. The molecule has 1 aliphatic heterocycles. The number of nitrogens with one attached hydrogen (secondary N) is 1. The van der Waals surface area contributed by atoms with Gasteiger partial charge in [-0.05, 0) is 65.9 Å². The molecular formula is C40H47N3O6. The summed E-state index contributed by atoms with van der Waals surface area (Å²) < 4.78 is 13.1. The molecule has 3 aromatic carbocycles. The Kier molecular flexibility index (Phi) is 13.5. The number of ether oxygens (including phenoxy) is 2. The van der Waals surface area contributed by atoms with Crippen molar-refractivity contribution in [3.05, 3.63) is 125 Å². The lowest BCUT2D eigenvalue weighted by Crippen LogP contribution is -2.38. The van der Waals surface area contributed by atoms with Crippen molar-refractivity contribution in [3.8, 4) is 11.1 Å². The highest BCUT2D eigenvalue weighted by Gasteiger charge is 2.32. The third kappa shape index (κ3) is 11.3. The van der Waals surface area contributed by atoms with Gasteiger partial charge in [0.15, 0.2) is 6.29 Å². The number of carbonyl (C=O) groups is 2. The number of benzene rings is 3. The molecule has 1 aromatic heterocycles. The average Bonchev–Trinajstić information content (AvgIpc) is 3.13. The normalized spacial score (nSPS) is 17.6. The molecule has 0 saturated carbocycles. The van der Waals surface area contributed by atoms with E-state index in [-0.39, 0.29) is 31.1 Å². The summed E-state index contributed by atoms with van der Waals surface area (Å²) in [7, 11) is 2.11. The first-order chi connectivity index (χ1) is 23.9. The maximum Gasteiger partial charge on any atom is 0.303 e. The lowest BCUT2D eigenvalue weighted by molar-refractivity contribution is -0.252. The molecule has 9 heteroatoms. The zero-order chi connectivity index (χ0) is 34.4. The maximum atomic E-state index is 12.3. The van der Waals surface area contributed by atoms with E-state index in [1.54, 1.807) is 0 Å². The number of rotatable bonds is 17. The summed E-state index contributed by atoms with van der Waals surface area (Å²) in [4.78, 5) is 29.7. The Hall–Kier alpha value is -4.41. The first-order valence-corrected chi connectivity index (χ1v) is 17.1. The van der Waals surface area contributed by atoms with Crippen molar-refractivity contribution in [2.45, 2.75) is 76.6 Å². The first kappa shape index (κ1) is 35.9. The Morgan fingerprint density at radius 2 is 1.63 bits per heavy atom. The van der Waals surface area contributed by atoms with Gasteiger partial charge in [0.25, 0.3) is 0 Å². The number of carboxylic acids is 1. The SMILES string of the molecule is CN(CCc1ccccn1)C[C@@H]1C[C@H](c2ccc(CO)cc2)O[C@H](c2ccc(-c3cccc(CNC(=O)CCCCCC(=O)O)c3)cc2)O1. The first-order valence-electron chi connectivity index (χ1n) is 17.1. The number of aromatic nitrogens is 1. The molecule has 0 aliphatic carbocycles. The van der Waals surface area contributed by atoms with Crippen LogP contribution in [0.25, 0.3) is 11.1 Å². The highest BCUT2D eigenvalue weighted by Crippen LogP contribution is 2.38. The summed E-state index contributed by atoms with van der Waals surface area (Å²) in [5, 5.41) is 21.3. The Bertz CT molecular complexity index is 1610. The number of carboxylic acid groups (broad SMARTS) is 1. The quantitative estimate of drug-likeness (QED) is 0.108. The van der Waals surface area contributed by atoms with Crippen LogP contribution in [0, 0.1) is 0 Å². The Balaban J connectivity index is 1.21. The van der Waals surface area contributed by atoms with E-state index in [0.717, 1.165) is 71.4 Å². The number of likely N-dealkylation sites (N-methyl/N-ethyl adjacent to an activating group) is 1. The second kappa shape index (κ2) is 18.4. The van der Waals surface area contributed by atoms with E-state index in [1.807, 2.05) is 54.7 Å². The predicted octanol–water partition coefficient (Wildman–Crippen LogP) is 6.61. The second-order valence-electron chi connectivity index (χ2n) is 12.7. The summed E-state index contributed by atoms with van der Waals surface area (Å²) in [6.07, 6.45) is 5.20. The van der Waals surface area contributed by atoms with Gasteiger partial charge < -0.3 is 29.9 Å². The number of pyridine rings is 1. The van der Waals surface area contributed by atoms with Gasteiger partial charge >= 0.3 is 5.97 Å². The third-order valence-corrected chi connectivity index (χ3v) is 8.83. The van der Waals surface area contributed by atoms with E-state index in [4.69, 9.17) is 14.6 Å². The van der Waals surface area contributed by atoms with Crippen LogP contribution in [0.3, 0.4) is 0 Å². The number of aliphatic hydroxyl groups excluding tert-OH is 1. The molecule has 0 spiro atoms. The predicted molar refractivity (Wildman–Crippen MR) is 188 cm³/mol. The van der Waals surface area contributed by atoms with Gasteiger partial charge in [0, 0.05) is 62.8 Å². The zero-order valence-corrected chi connectivity index (χ0v) is 28.2. The summed E-state index contributed by atoms with van der Waals surface area (Å²) in [5.74, 6) is -0.830. The van der Waals surface area contributed by atoms with E-state index < -0.39 is 12.3 Å². The van der Waals surface area contributed by atoms with Crippen LogP contribution in [0.4, 0.5) is 0 Å². The smallest absolute Gasteiger partial charge is 0.303 e. The fourth-order valence-electron chi connectivity index (χ4n) is 6.04. The standard InChI is InChI=1S/C40H47N3O6/c1-43(23-21-35-10-5-6-22-41-35)27-36-25-37(32-15-13-29(28-44)14-16-32)49-40(48-36)33-19-17-31(18-20-33)34-9-7-8-30(24-34)26-42-38(45)11-3-2-4-12-39(46)47/h5-10,13-20,22,24,36-37,40,44H,2-4,11-12,21,23,25-28H2,1H3,(H,42,45)(H,46,47)/t36-,37+,40+/m0/s1. The average molecular weight is 666 g/mol. The highest BCUT2D eigenvalue weighted by molar-refractivity contribution is 5.76. The summed E-state index contributed by atoms with van der Waals surface area (Å²) in [6, 6.07) is 30.3. The number of hydrogen-bond acceptors (Lipinski definition) is 7. The fourth-order valence-corrected chi connectivity index (χ4v) is 6.04. The lowest BCUT2D eigenvalue weighted by Gasteiger charge is -2.38. The van der Waals surface area contributed by atoms with E-state index in [2.05, 4.69) is 64.7 Å². The van der Waals surface area contributed by atoms with Gasteiger partial charge in [0.1, 0.15) is 0 Å². The minimum absolute atomic E-state index is 0.00268. The van der Waals surface area contributed by atoms with Crippen molar-refractivity contribution in [3.63, 3.8) is 0 Å². The number of hydrogen-bond donors (Lipinski definition) is 3. The molecular weight excluding hydrogens is 618 g/mol. The van der Waals surface area contributed by atoms with Crippen molar-refractivity contribution in [2.75, 3.05) is 20.1 Å². The molecule has 1 fully saturated rings. The molecule has 2 heterocycles. The van der Waals surface area contributed by atoms with Crippen molar-refractivity contribution in [1.29, 1.82) is 0 Å². The van der Waals surface area contributed by atoms with Gasteiger partial charge in [-0.25, -0.2) is 0 Å². The number of aliphatic hydroxyl groups is 1. The topological polar surface area (TPSA) is 121 Å². The third-order valence-electron chi connectivity index (χ3n) is 8.83. The van der Waals surface area contributed by atoms with Crippen LogP contribution < -0.4 is 5.32 Å². The van der Waals surface area contributed by atoms with Crippen LogP contribution in [0.2, 0.25) is 0 Å². The second-order valence-corrected chi connectivity index (χ2v) is 12.7. The van der Waals surface area contributed by atoms with Gasteiger partial charge in [-0.15, -0.1) is 0 Å². The molecule has 258 valence electrons. The molecule has 9 nitrogen and oxygen atoms in total. The van der Waals surface area contributed by atoms with Crippen molar-refractivity contribution in [1.82, 2.24) is 15.2 Å². The van der Waals surface area contributed by atoms with Crippen LogP contribution in [-0.4, -0.2) is 58.2 Å². The number of amides is 1. The fraction of sp³-hybridized carbons (Fsp3) is 0.375. The lowest BCUT2D eigenvalue weighted by atomic mass is 9.99. The molecule has 49 heavy (non-hydrogen) atoms. The molecule has 1 amide bonds. The molecule has 1 aliphatic rings. The summed E-state index contributed by atoms with van der Waals surface area (Å²) in [5.41, 5.74) is 7.03. The van der Waals surface area contributed by atoms with Crippen molar-refractivity contribution < 1.29 is 29.3 Å². The van der Waals surface area contributed by atoms with Gasteiger partial charge in [0.05, 0.1) is 18.8 Å². The number of carbonyl (C=O) groups excluding carboxylic acids is 1. The van der Waals surface area contributed by atoms with E-state index >= 15 is 0 Å². The Morgan fingerprint density at radius 1 is 0.857 bits per heavy atom. The van der Waals surface area contributed by atoms with Crippen molar-refractivity contribution in [2.24, 2.45) is 0 Å². The van der Waals surface area contributed by atoms with Gasteiger partial charge in [-0.3, -0.25) is 14.6 Å². The number of aliphatic carboxylic acids is 1. The van der Waals surface area contributed by atoms with Gasteiger partial charge in [-0.2, -0.15) is 0 Å². The monoisotopic (exact) mass is 665 g/mol. The van der Waals surface area contributed by atoms with E-state index in [1.165, 1.54) is 0 Å². The summed E-state index contributed by atoms with van der Waals surface area (Å²) in [6.45, 7) is 2.05. The molecule has 1 saturated heterocycles. The largest absolute Gasteiger partial charge is 0.481 e. The minimum atomic E-state index is -0.800. The molecule has 3 atom stereocenters.